The second-order valence-corrected chi connectivity index (χ2v) is 9.50. The Morgan fingerprint density at radius 3 is 2.66 bits per heavy atom. The van der Waals surface area contributed by atoms with Crippen molar-refractivity contribution in [2.45, 2.75) is 24.9 Å². The number of aliphatic hydroxyl groups is 1. The van der Waals surface area contributed by atoms with Gasteiger partial charge in [0.1, 0.15) is 11.6 Å². The molecule has 0 bridgehead atoms. The lowest BCUT2D eigenvalue weighted by Crippen LogP contribution is -2.42. The van der Waals surface area contributed by atoms with Crippen LogP contribution in [0.3, 0.4) is 0 Å². The summed E-state index contributed by atoms with van der Waals surface area (Å²) in [7, 11) is 0. The van der Waals surface area contributed by atoms with Crippen LogP contribution in [0.25, 0.3) is 22.4 Å². The zero-order valence-electron chi connectivity index (χ0n) is 19.1. The standard InChI is InChI=1S/C25H17Cl2F3N4O4/c26-16-4-3-15(22(29)30)19(20(16)28)12-7-11-5-6-25(37,21(11)34(38)10-12)23-31-9-18(33-23)14-2-1-13(8-17(14)27)32-24(35)36/h1-4,7-10,22,32,37H,5-6H2,(H,31,33)(H,35,36). The third-order valence-electron chi connectivity index (χ3n) is 6.39. The van der Waals surface area contributed by atoms with E-state index in [9.17, 15) is 28.3 Å². The third-order valence-corrected chi connectivity index (χ3v) is 6.99. The van der Waals surface area contributed by atoms with Crippen molar-refractivity contribution < 1.29 is 32.9 Å². The third kappa shape index (κ3) is 4.32. The summed E-state index contributed by atoms with van der Waals surface area (Å²) < 4.78 is 42.3. The van der Waals surface area contributed by atoms with Crippen molar-refractivity contribution in [3.8, 4) is 22.4 Å². The molecule has 2 aromatic heterocycles. The number of carbonyl (C=O) groups is 1. The van der Waals surface area contributed by atoms with Crippen LogP contribution in [0.5, 0.6) is 0 Å². The predicted molar refractivity (Wildman–Crippen MR) is 133 cm³/mol. The van der Waals surface area contributed by atoms with Crippen LogP contribution in [0.1, 0.15) is 35.5 Å². The number of pyridine rings is 1. The molecule has 0 radical (unpaired) electrons. The number of H-pyrrole nitrogens is 1. The van der Waals surface area contributed by atoms with Gasteiger partial charge in [-0.3, -0.25) is 5.32 Å². The van der Waals surface area contributed by atoms with Crippen LogP contribution in [-0.2, 0) is 12.0 Å². The molecule has 8 nitrogen and oxygen atoms in total. The smallest absolute Gasteiger partial charge is 0.409 e. The van der Waals surface area contributed by atoms with Crippen molar-refractivity contribution in [2.24, 2.45) is 0 Å². The molecule has 0 aliphatic heterocycles. The minimum Gasteiger partial charge on any atom is -0.618 e. The normalized spacial score (nSPS) is 16.6. The zero-order valence-corrected chi connectivity index (χ0v) is 20.6. The zero-order chi connectivity index (χ0) is 27.4. The molecule has 4 aromatic rings. The topological polar surface area (TPSA) is 125 Å². The molecule has 0 spiro atoms. The van der Waals surface area contributed by atoms with Crippen LogP contribution in [0, 0.1) is 11.0 Å². The molecule has 38 heavy (non-hydrogen) atoms. The first kappa shape index (κ1) is 25.8. The van der Waals surface area contributed by atoms with Gasteiger partial charge < -0.3 is 20.4 Å². The van der Waals surface area contributed by atoms with E-state index in [0.717, 1.165) is 18.3 Å². The highest BCUT2D eigenvalue weighted by atomic mass is 35.5. The average Bonchev–Trinajstić information content (AvgIpc) is 3.46. The van der Waals surface area contributed by atoms with Gasteiger partial charge in [-0.05, 0) is 43.2 Å². The molecule has 13 heteroatoms. The van der Waals surface area contributed by atoms with E-state index in [1.165, 1.54) is 24.4 Å². The number of imidazole rings is 1. The van der Waals surface area contributed by atoms with E-state index < -0.39 is 35.1 Å². The van der Waals surface area contributed by atoms with Crippen LogP contribution in [0.4, 0.5) is 23.7 Å². The van der Waals surface area contributed by atoms with E-state index in [1.807, 2.05) is 0 Å². The fourth-order valence-electron chi connectivity index (χ4n) is 4.71. The lowest BCUT2D eigenvalue weighted by atomic mass is 9.97. The van der Waals surface area contributed by atoms with E-state index in [2.05, 4.69) is 15.3 Å². The van der Waals surface area contributed by atoms with Crippen LogP contribution < -0.4 is 10.0 Å². The number of aromatic amines is 1. The number of nitrogens with one attached hydrogen (secondary N) is 2. The number of alkyl halides is 2. The van der Waals surface area contributed by atoms with Crippen molar-refractivity contribution in [3.63, 3.8) is 0 Å². The van der Waals surface area contributed by atoms with Crippen LogP contribution in [0.2, 0.25) is 10.0 Å². The fraction of sp³-hybridized carbons (Fsp3) is 0.160. The average molecular weight is 565 g/mol. The van der Waals surface area contributed by atoms with Crippen molar-refractivity contribution in [2.75, 3.05) is 5.32 Å². The molecule has 1 unspecified atom stereocenters. The number of hydrogen-bond donors (Lipinski definition) is 4. The first-order valence-electron chi connectivity index (χ1n) is 11.1. The minimum atomic E-state index is -3.01. The molecule has 0 saturated heterocycles. The van der Waals surface area contributed by atoms with Gasteiger partial charge >= 0.3 is 6.09 Å². The second kappa shape index (κ2) is 9.50. The summed E-state index contributed by atoms with van der Waals surface area (Å²) in [5.41, 5.74) is -1.68. The summed E-state index contributed by atoms with van der Waals surface area (Å²) >= 11 is 12.1. The number of aryl methyl sites for hydroxylation is 1. The molecule has 1 atom stereocenters. The van der Waals surface area contributed by atoms with Gasteiger partial charge in [0.15, 0.2) is 6.20 Å². The van der Waals surface area contributed by atoms with Crippen molar-refractivity contribution in [3.05, 3.63) is 92.5 Å². The Bertz CT molecular complexity index is 1600. The molecule has 4 N–H and O–H groups in total. The van der Waals surface area contributed by atoms with Crippen LogP contribution in [-0.4, -0.2) is 26.3 Å². The number of rotatable bonds is 5. The summed E-state index contributed by atoms with van der Waals surface area (Å²) in [4.78, 5) is 18.0. The highest BCUT2D eigenvalue weighted by molar-refractivity contribution is 6.33. The Morgan fingerprint density at radius 1 is 1.21 bits per heavy atom. The molecule has 1 aliphatic carbocycles. The molecule has 1 aliphatic rings. The number of benzene rings is 2. The number of nitrogens with zero attached hydrogens (tertiary/aromatic N) is 2. The summed E-state index contributed by atoms with van der Waals surface area (Å²) in [6.45, 7) is 0. The Kier molecular flexibility index (Phi) is 6.46. The molecule has 0 saturated carbocycles. The Hall–Kier alpha value is -3.80. The summed E-state index contributed by atoms with van der Waals surface area (Å²) in [5, 5.41) is 35.5. The van der Waals surface area contributed by atoms with Gasteiger partial charge in [-0.25, -0.2) is 22.9 Å². The second-order valence-electron chi connectivity index (χ2n) is 8.69. The van der Waals surface area contributed by atoms with Gasteiger partial charge in [-0.2, -0.15) is 4.73 Å². The van der Waals surface area contributed by atoms with Crippen molar-refractivity contribution in [1.82, 2.24) is 9.97 Å². The number of anilines is 1. The Morgan fingerprint density at radius 2 is 1.97 bits per heavy atom. The Balaban J connectivity index is 1.54. The molecule has 0 fully saturated rings. The van der Waals surface area contributed by atoms with Gasteiger partial charge in [0.25, 0.3) is 6.43 Å². The van der Waals surface area contributed by atoms with Crippen molar-refractivity contribution in [1.29, 1.82) is 0 Å². The minimum absolute atomic E-state index is 0.0367. The predicted octanol–water partition coefficient (Wildman–Crippen LogP) is 6.03. The number of fused-ring (bicyclic) bond motifs is 1. The molecule has 196 valence electrons. The quantitative estimate of drug-likeness (QED) is 0.174. The van der Waals surface area contributed by atoms with Gasteiger partial charge in [-0.1, -0.05) is 29.3 Å². The maximum atomic E-state index is 14.8. The number of amides is 1. The SMILES string of the molecule is O=C(O)Nc1ccc(-c2cnc(C3(O)CCc4cc(-c5c(C(F)F)ccc(Cl)c5F)c[n+]([O-])c43)[nH]2)c(Cl)c1. The molecular weight excluding hydrogens is 548 g/mol. The van der Waals surface area contributed by atoms with E-state index in [-0.39, 0.29) is 45.7 Å². The number of hydrogen-bond acceptors (Lipinski definition) is 4. The first-order chi connectivity index (χ1) is 18.0. The summed E-state index contributed by atoms with van der Waals surface area (Å²) in [6.07, 6.45) is -1.72. The molecular formula is C25H17Cl2F3N4O4. The largest absolute Gasteiger partial charge is 0.618 e. The number of carboxylic acid groups (broad SMARTS) is 1. The van der Waals surface area contributed by atoms with E-state index >= 15 is 0 Å². The number of halogens is 5. The Labute approximate surface area is 222 Å². The van der Waals surface area contributed by atoms with E-state index in [4.69, 9.17) is 28.3 Å². The molecule has 1 amide bonds. The highest BCUT2D eigenvalue weighted by Gasteiger charge is 2.48. The van der Waals surface area contributed by atoms with Crippen molar-refractivity contribution >= 4 is 35.0 Å². The van der Waals surface area contributed by atoms with Crippen LogP contribution >= 0.6 is 23.2 Å². The van der Waals surface area contributed by atoms with Gasteiger partial charge in [0.05, 0.1) is 27.5 Å². The highest BCUT2D eigenvalue weighted by Crippen LogP contribution is 2.43. The van der Waals surface area contributed by atoms with Gasteiger partial charge in [0.2, 0.25) is 11.3 Å². The molecule has 5 rings (SSSR count). The summed E-state index contributed by atoms with van der Waals surface area (Å²) in [5.74, 6) is -1.04. The monoisotopic (exact) mass is 564 g/mol. The maximum Gasteiger partial charge on any atom is 0.409 e. The van der Waals surface area contributed by atoms with Gasteiger partial charge in [-0.15, -0.1) is 0 Å². The van der Waals surface area contributed by atoms with E-state index in [0.29, 0.717) is 21.6 Å². The summed E-state index contributed by atoms with van der Waals surface area (Å²) in [6, 6.07) is 7.86. The lowest BCUT2D eigenvalue weighted by molar-refractivity contribution is -0.620. The fourth-order valence-corrected chi connectivity index (χ4v) is 5.15. The van der Waals surface area contributed by atoms with E-state index in [1.54, 1.807) is 6.07 Å². The molecule has 2 heterocycles. The maximum absolute atomic E-state index is 14.8. The number of aromatic nitrogens is 3. The van der Waals surface area contributed by atoms with Crippen LogP contribution in [0.15, 0.2) is 48.8 Å². The lowest BCUT2D eigenvalue weighted by Gasteiger charge is -2.20. The molecule has 2 aromatic carbocycles. The van der Waals surface area contributed by atoms with Gasteiger partial charge in [0, 0.05) is 27.9 Å². The first-order valence-corrected chi connectivity index (χ1v) is 11.9.